The van der Waals surface area contributed by atoms with E-state index in [1.54, 1.807) is 18.3 Å². The standard InChI is InChI=1S/C13H14N2O5/c1-19-11(16)4-5-12(17)20-8-7-15-13(18)10-3-2-6-14-9-10/h2-6,9H,7-8H2,1H3,(H,15,18)/b5-4+. The average molecular weight is 278 g/mol. The van der Waals surface area contributed by atoms with E-state index in [1.165, 1.54) is 13.3 Å². The lowest BCUT2D eigenvalue weighted by Crippen LogP contribution is -2.27. The number of amides is 1. The summed E-state index contributed by atoms with van der Waals surface area (Å²) < 4.78 is 9.07. The molecule has 20 heavy (non-hydrogen) atoms. The van der Waals surface area contributed by atoms with Crippen molar-refractivity contribution in [2.45, 2.75) is 0 Å². The minimum absolute atomic E-state index is 0.00362. The van der Waals surface area contributed by atoms with Crippen molar-refractivity contribution in [3.63, 3.8) is 0 Å². The third-order valence-corrected chi connectivity index (χ3v) is 2.11. The highest BCUT2D eigenvalue weighted by molar-refractivity contribution is 5.94. The van der Waals surface area contributed by atoms with Crippen LogP contribution >= 0.6 is 0 Å². The second kappa shape index (κ2) is 8.41. The van der Waals surface area contributed by atoms with Gasteiger partial charge in [-0.3, -0.25) is 9.78 Å². The van der Waals surface area contributed by atoms with Gasteiger partial charge in [0.15, 0.2) is 0 Å². The summed E-state index contributed by atoms with van der Waals surface area (Å²) in [5, 5.41) is 2.56. The molecule has 1 N–H and O–H groups in total. The normalized spacial score (nSPS) is 10.1. The topological polar surface area (TPSA) is 94.6 Å². The quantitative estimate of drug-likeness (QED) is 0.450. The Labute approximate surface area is 115 Å². The van der Waals surface area contributed by atoms with Crippen LogP contribution in [0.5, 0.6) is 0 Å². The second-order valence-electron chi connectivity index (χ2n) is 3.52. The van der Waals surface area contributed by atoms with Crippen molar-refractivity contribution in [1.82, 2.24) is 10.3 Å². The molecule has 0 atom stereocenters. The predicted octanol–water partition coefficient (Wildman–Crippen LogP) is 0.0838. The number of rotatable bonds is 6. The zero-order chi connectivity index (χ0) is 14.8. The number of esters is 2. The van der Waals surface area contributed by atoms with Gasteiger partial charge in [-0.05, 0) is 12.1 Å². The molecular weight excluding hydrogens is 264 g/mol. The number of hydrogen-bond acceptors (Lipinski definition) is 6. The van der Waals surface area contributed by atoms with Gasteiger partial charge in [-0.25, -0.2) is 9.59 Å². The van der Waals surface area contributed by atoms with Crippen LogP contribution in [0.25, 0.3) is 0 Å². The molecule has 7 nitrogen and oxygen atoms in total. The highest BCUT2D eigenvalue weighted by atomic mass is 16.5. The SMILES string of the molecule is COC(=O)/C=C/C(=O)OCCNC(=O)c1cccnc1. The van der Waals surface area contributed by atoms with Gasteiger partial charge >= 0.3 is 11.9 Å². The van der Waals surface area contributed by atoms with Crippen LogP contribution in [0.15, 0.2) is 36.7 Å². The van der Waals surface area contributed by atoms with E-state index in [-0.39, 0.29) is 19.1 Å². The maximum absolute atomic E-state index is 11.6. The average Bonchev–Trinajstić information content (AvgIpc) is 2.49. The zero-order valence-corrected chi connectivity index (χ0v) is 10.9. The van der Waals surface area contributed by atoms with Crippen LogP contribution in [-0.4, -0.2) is 43.1 Å². The fourth-order valence-corrected chi connectivity index (χ4v) is 1.17. The zero-order valence-electron chi connectivity index (χ0n) is 10.9. The minimum atomic E-state index is -0.689. The molecule has 0 unspecified atom stereocenters. The van der Waals surface area contributed by atoms with Crippen LogP contribution in [0.3, 0.4) is 0 Å². The van der Waals surface area contributed by atoms with Crippen molar-refractivity contribution in [1.29, 1.82) is 0 Å². The lowest BCUT2D eigenvalue weighted by molar-refractivity contribution is -0.139. The number of carbonyl (C=O) groups excluding carboxylic acids is 3. The molecule has 1 rings (SSSR count). The van der Waals surface area contributed by atoms with Gasteiger partial charge in [0.2, 0.25) is 0 Å². The maximum atomic E-state index is 11.6. The van der Waals surface area contributed by atoms with Gasteiger partial charge < -0.3 is 14.8 Å². The summed E-state index contributed by atoms with van der Waals surface area (Å²) in [6.45, 7) is 0.155. The van der Waals surface area contributed by atoms with Crippen LogP contribution in [-0.2, 0) is 19.1 Å². The van der Waals surface area contributed by atoms with E-state index >= 15 is 0 Å². The summed E-state index contributed by atoms with van der Waals surface area (Å²) in [6.07, 6.45) is 4.90. The largest absolute Gasteiger partial charge is 0.466 e. The molecule has 0 aliphatic carbocycles. The van der Waals surface area contributed by atoms with Gasteiger partial charge in [-0.1, -0.05) is 0 Å². The van der Waals surface area contributed by atoms with Gasteiger partial charge in [0, 0.05) is 24.5 Å². The van der Waals surface area contributed by atoms with Crippen molar-refractivity contribution in [3.05, 3.63) is 42.2 Å². The Hall–Kier alpha value is -2.70. The number of carbonyl (C=O) groups is 3. The van der Waals surface area contributed by atoms with E-state index in [4.69, 9.17) is 4.74 Å². The molecular formula is C13H14N2O5. The van der Waals surface area contributed by atoms with Crippen molar-refractivity contribution in [2.24, 2.45) is 0 Å². The molecule has 1 aromatic rings. The Morgan fingerprint density at radius 1 is 1.30 bits per heavy atom. The van der Waals surface area contributed by atoms with Crippen molar-refractivity contribution < 1.29 is 23.9 Å². The number of aromatic nitrogens is 1. The molecule has 0 saturated heterocycles. The third-order valence-electron chi connectivity index (χ3n) is 2.11. The molecule has 1 heterocycles. The number of pyridine rings is 1. The van der Waals surface area contributed by atoms with Crippen LogP contribution in [0.1, 0.15) is 10.4 Å². The van der Waals surface area contributed by atoms with E-state index in [0.717, 1.165) is 12.2 Å². The molecule has 0 fully saturated rings. The molecule has 0 bridgehead atoms. The summed E-state index contributed by atoms with van der Waals surface area (Å²) in [4.78, 5) is 37.2. The van der Waals surface area contributed by atoms with E-state index in [2.05, 4.69) is 15.0 Å². The molecule has 0 aromatic carbocycles. The highest BCUT2D eigenvalue weighted by Gasteiger charge is 2.04. The Morgan fingerprint density at radius 3 is 2.70 bits per heavy atom. The molecule has 0 saturated carbocycles. The maximum Gasteiger partial charge on any atom is 0.331 e. The van der Waals surface area contributed by atoms with Crippen LogP contribution in [0.2, 0.25) is 0 Å². The third kappa shape index (κ3) is 5.76. The van der Waals surface area contributed by atoms with Crippen molar-refractivity contribution >= 4 is 17.8 Å². The minimum Gasteiger partial charge on any atom is -0.466 e. The Kier molecular flexibility index (Phi) is 6.46. The van der Waals surface area contributed by atoms with E-state index in [9.17, 15) is 14.4 Å². The van der Waals surface area contributed by atoms with Crippen molar-refractivity contribution in [2.75, 3.05) is 20.3 Å². The predicted molar refractivity (Wildman–Crippen MR) is 68.7 cm³/mol. The summed E-state index contributed by atoms with van der Waals surface area (Å²) in [6, 6.07) is 3.26. The van der Waals surface area contributed by atoms with Crippen molar-refractivity contribution in [3.8, 4) is 0 Å². The van der Waals surface area contributed by atoms with E-state index < -0.39 is 11.9 Å². The summed E-state index contributed by atoms with van der Waals surface area (Å²) >= 11 is 0. The monoisotopic (exact) mass is 278 g/mol. The number of nitrogens with zero attached hydrogens (tertiary/aromatic N) is 1. The first-order valence-corrected chi connectivity index (χ1v) is 5.74. The molecule has 0 aliphatic rings. The number of hydrogen-bond donors (Lipinski definition) is 1. The van der Waals surface area contributed by atoms with Gasteiger partial charge in [-0.15, -0.1) is 0 Å². The first kappa shape index (κ1) is 15.4. The molecule has 0 radical (unpaired) electrons. The van der Waals surface area contributed by atoms with E-state index in [1.807, 2.05) is 0 Å². The lowest BCUT2D eigenvalue weighted by Gasteiger charge is -2.04. The molecule has 1 amide bonds. The number of nitrogens with one attached hydrogen (secondary N) is 1. The van der Waals surface area contributed by atoms with Gasteiger partial charge in [0.1, 0.15) is 6.61 Å². The molecule has 1 aromatic heterocycles. The van der Waals surface area contributed by atoms with Gasteiger partial charge in [0.25, 0.3) is 5.91 Å². The molecule has 0 spiro atoms. The first-order chi connectivity index (χ1) is 9.63. The fraction of sp³-hybridized carbons (Fsp3) is 0.231. The van der Waals surface area contributed by atoms with E-state index in [0.29, 0.717) is 5.56 Å². The summed E-state index contributed by atoms with van der Waals surface area (Å²) in [7, 11) is 1.20. The molecule has 7 heteroatoms. The number of methoxy groups -OCH3 is 1. The lowest BCUT2D eigenvalue weighted by atomic mass is 10.3. The fourth-order valence-electron chi connectivity index (χ4n) is 1.17. The smallest absolute Gasteiger partial charge is 0.331 e. The van der Waals surface area contributed by atoms with Crippen LogP contribution in [0, 0.1) is 0 Å². The van der Waals surface area contributed by atoms with Crippen LogP contribution < -0.4 is 5.32 Å². The second-order valence-corrected chi connectivity index (χ2v) is 3.52. The summed E-state index contributed by atoms with van der Waals surface area (Å²) in [5.74, 6) is -1.64. The highest BCUT2D eigenvalue weighted by Crippen LogP contribution is 1.94. The van der Waals surface area contributed by atoms with Crippen LogP contribution in [0.4, 0.5) is 0 Å². The number of ether oxygens (including phenoxy) is 2. The first-order valence-electron chi connectivity index (χ1n) is 5.74. The van der Waals surface area contributed by atoms with Gasteiger partial charge in [0.05, 0.1) is 19.2 Å². The molecule has 0 aliphatic heterocycles. The molecule has 106 valence electrons. The van der Waals surface area contributed by atoms with Gasteiger partial charge in [-0.2, -0.15) is 0 Å². The summed E-state index contributed by atoms with van der Waals surface area (Å²) in [5.41, 5.74) is 0.421. The Bertz CT molecular complexity index is 499. The Morgan fingerprint density at radius 2 is 2.05 bits per heavy atom. The Balaban J connectivity index is 2.22.